The van der Waals surface area contributed by atoms with Gasteiger partial charge < -0.3 is 18.9 Å². The molecule has 0 aliphatic heterocycles. The Morgan fingerprint density at radius 2 is 0.468 bits per heavy atom. The van der Waals surface area contributed by atoms with Crippen LogP contribution in [0.1, 0.15) is 103 Å². The predicted octanol–water partition coefficient (Wildman–Crippen LogP) is 24.4. The maximum atomic E-state index is 15.6. The molecule has 0 saturated heterocycles. The molecule has 0 aromatic heterocycles. The molecular weight excluding hydrogens is 1420 g/mol. The number of carbonyl (C=O) groups is 3. The van der Waals surface area contributed by atoms with Gasteiger partial charge in [-0.15, -0.1) is 0 Å². The second-order valence-corrected chi connectivity index (χ2v) is 26.2. The van der Waals surface area contributed by atoms with Crippen LogP contribution in [0.2, 0.25) is 0 Å². The molecule has 13 aromatic rings. The van der Waals surface area contributed by atoms with Gasteiger partial charge in [0.05, 0.1) is 5.41 Å². The number of rotatable bonds is 20. The van der Waals surface area contributed by atoms with E-state index in [1.54, 1.807) is 72.8 Å². The number of aryl methyl sites for hydroxylation is 2. The van der Waals surface area contributed by atoms with E-state index in [4.69, 9.17) is 18.9 Å². The lowest BCUT2D eigenvalue weighted by Crippen LogP contribution is -2.56. The summed E-state index contributed by atoms with van der Waals surface area (Å²) in [5.74, 6) is 0.444. The quantitative estimate of drug-likeness (QED) is 0.0555. The third-order valence-electron chi connectivity index (χ3n) is 19.6. The van der Waals surface area contributed by atoms with Crippen molar-refractivity contribution in [3.8, 4) is 57.1 Å². The standard InChI is InChI=1S/C90H58F12O7/c1-55-14-18-57(19-15-55)81(103)59-22-38-69(39-23-59)106-73-46-30-63(31-47-73)84(79-12-5-3-10-77(79)78-11-4-6-13-80(78)84)64-32-48-74(49-33-64)107-70-42-26-61(27-43-70)83(105)62-28-44-72(45-29-62)109-76-52-36-66(37-53-76)86(89(97,98)99,90(100,101)102)68-9-7-8-67(54-68)85(87(91,92)93,88(94,95)96)65-34-50-75(51-35-65)108-71-40-24-60(25-41-71)82(104)58-20-16-56(2)17-21-58/h3-54H,1-2H3. The highest BCUT2D eigenvalue weighted by atomic mass is 19.4. The van der Waals surface area contributed by atoms with E-state index in [2.05, 4.69) is 24.3 Å². The lowest BCUT2D eigenvalue weighted by atomic mass is 9.68. The minimum atomic E-state index is -6.46. The zero-order valence-electron chi connectivity index (χ0n) is 57.4. The Morgan fingerprint density at radius 3 is 0.716 bits per heavy atom. The summed E-state index contributed by atoms with van der Waals surface area (Å²) in [6.45, 7) is 3.79. The highest BCUT2D eigenvalue weighted by Crippen LogP contribution is 2.61. The molecule has 7 nitrogen and oxygen atoms in total. The normalized spacial score (nSPS) is 12.9. The van der Waals surface area contributed by atoms with Crippen molar-refractivity contribution in [1.29, 1.82) is 0 Å². The molecule has 14 rings (SSSR count). The van der Waals surface area contributed by atoms with E-state index in [0.29, 0.717) is 88.2 Å². The number of ether oxygens (including phenoxy) is 4. The Kier molecular flexibility index (Phi) is 19.1. The second-order valence-electron chi connectivity index (χ2n) is 26.2. The molecule has 0 atom stereocenters. The Labute approximate surface area is 616 Å². The molecule has 1 aliphatic carbocycles. The van der Waals surface area contributed by atoms with Crippen molar-refractivity contribution >= 4 is 17.3 Å². The molecule has 0 bridgehead atoms. The fourth-order valence-electron chi connectivity index (χ4n) is 14.2. The molecule has 0 heterocycles. The number of hydrogen-bond acceptors (Lipinski definition) is 7. The maximum absolute atomic E-state index is 15.6. The largest absolute Gasteiger partial charge is 0.457 e. The van der Waals surface area contributed by atoms with Crippen molar-refractivity contribution in [2.75, 3.05) is 0 Å². The van der Waals surface area contributed by atoms with Crippen molar-refractivity contribution < 1.29 is 86.0 Å². The molecule has 0 N–H and O–H groups in total. The lowest BCUT2D eigenvalue weighted by molar-refractivity contribution is -0.289. The maximum Gasteiger partial charge on any atom is 0.411 e. The van der Waals surface area contributed by atoms with Crippen LogP contribution in [0, 0.1) is 13.8 Å². The number of hydrogen-bond donors (Lipinski definition) is 0. The van der Waals surface area contributed by atoms with E-state index in [1.807, 2.05) is 111 Å². The topological polar surface area (TPSA) is 88.1 Å². The molecule has 19 heteroatoms. The number of halogens is 12. The van der Waals surface area contributed by atoms with Crippen LogP contribution in [0.4, 0.5) is 52.7 Å². The Bertz CT molecular complexity index is 5430. The summed E-state index contributed by atoms with van der Waals surface area (Å²) in [6, 6.07) is 74.8. The van der Waals surface area contributed by atoms with Crippen LogP contribution in [0.15, 0.2) is 315 Å². The smallest absolute Gasteiger partial charge is 0.411 e. The third kappa shape index (κ3) is 13.5. The predicted molar refractivity (Wildman–Crippen MR) is 388 cm³/mol. The summed E-state index contributed by atoms with van der Waals surface area (Å²) in [4.78, 5) is 40.0. The first-order valence-electron chi connectivity index (χ1n) is 34.0. The van der Waals surface area contributed by atoms with Gasteiger partial charge in [-0.3, -0.25) is 14.4 Å². The first-order chi connectivity index (χ1) is 52.1. The fourth-order valence-corrected chi connectivity index (χ4v) is 14.2. The number of alkyl halides is 12. The third-order valence-corrected chi connectivity index (χ3v) is 19.6. The highest BCUT2D eigenvalue weighted by Gasteiger charge is 2.75. The van der Waals surface area contributed by atoms with Gasteiger partial charge in [0, 0.05) is 33.4 Å². The zero-order valence-corrected chi connectivity index (χ0v) is 57.4. The lowest BCUT2D eigenvalue weighted by Gasteiger charge is -2.41. The Balaban J connectivity index is 0.658. The van der Waals surface area contributed by atoms with Crippen LogP contribution in [0.3, 0.4) is 0 Å². The fraction of sp³-hybridized carbons (Fsp3) is 0.100. The van der Waals surface area contributed by atoms with Gasteiger partial charge in [-0.2, -0.15) is 52.7 Å². The van der Waals surface area contributed by atoms with Gasteiger partial charge in [-0.25, -0.2) is 0 Å². The van der Waals surface area contributed by atoms with Crippen molar-refractivity contribution in [2.24, 2.45) is 0 Å². The Hall–Kier alpha value is -12.8. The van der Waals surface area contributed by atoms with Gasteiger partial charge in [0.25, 0.3) is 0 Å². The van der Waals surface area contributed by atoms with Crippen LogP contribution in [0.5, 0.6) is 46.0 Å². The van der Waals surface area contributed by atoms with Crippen LogP contribution < -0.4 is 18.9 Å². The summed E-state index contributed by atoms with van der Waals surface area (Å²) in [7, 11) is 0. The van der Waals surface area contributed by atoms with E-state index < -0.39 is 69.0 Å². The van der Waals surface area contributed by atoms with Gasteiger partial charge in [-0.1, -0.05) is 181 Å². The minimum absolute atomic E-state index is 0.000734. The van der Waals surface area contributed by atoms with Gasteiger partial charge in [0.1, 0.15) is 46.0 Å². The van der Waals surface area contributed by atoms with Crippen LogP contribution in [-0.4, -0.2) is 42.1 Å². The summed E-state index contributed by atoms with van der Waals surface area (Å²) >= 11 is 0. The number of carbonyl (C=O) groups excluding carboxylic acids is 3. The molecule has 1 aliphatic rings. The minimum Gasteiger partial charge on any atom is -0.457 e. The molecule has 0 radical (unpaired) electrons. The SMILES string of the molecule is Cc1ccc(C(=O)c2ccc(Oc3ccc(C4(c5ccc(Oc6ccc(C(=O)c7ccc(Oc8ccc(C(c9cccc(C(c%10ccc(Oc%11ccc(C(=O)c%12ccc(C)cc%12)cc%11)cc%10)(C(F)(F)F)C(F)(F)F)c9)(C(F)(F)F)C(F)(F)F)cc8)cc7)cc6)cc5)c5ccccc5-c5ccccc54)cc3)cc2)cc1. The zero-order chi connectivity index (χ0) is 76.8. The summed E-state index contributed by atoms with van der Waals surface area (Å²) in [5.41, 5.74) is -8.17. The average molecular weight is 1480 g/mol. The number of ketones is 3. The van der Waals surface area contributed by atoms with E-state index in [0.717, 1.165) is 44.5 Å². The van der Waals surface area contributed by atoms with Gasteiger partial charge in [-0.05, 0) is 215 Å². The van der Waals surface area contributed by atoms with Crippen molar-refractivity contribution in [3.05, 3.63) is 404 Å². The van der Waals surface area contributed by atoms with E-state index >= 15 is 52.7 Å². The molecule has 0 amide bonds. The van der Waals surface area contributed by atoms with Gasteiger partial charge in [0.15, 0.2) is 17.3 Å². The highest BCUT2D eigenvalue weighted by molar-refractivity contribution is 6.10. The van der Waals surface area contributed by atoms with Crippen LogP contribution >= 0.6 is 0 Å². The van der Waals surface area contributed by atoms with Gasteiger partial charge in [0.2, 0.25) is 10.8 Å². The monoisotopic (exact) mass is 1480 g/mol. The number of fused-ring (bicyclic) bond motifs is 3. The first kappa shape index (κ1) is 73.1. The number of benzene rings is 13. The van der Waals surface area contributed by atoms with E-state index in [9.17, 15) is 14.4 Å². The average Bonchev–Trinajstić information content (AvgIpc) is 1.52. The van der Waals surface area contributed by atoms with Crippen LogP contribution in [-0.2, 0) is 16.2 Å². The van der Waals surface area contributed by atoms with Gasteiger partial charge >= 0.3 is 24.7 Å². The summed E-state index contributed by atoms with van der Waals surface area (Å²) in [6.07, 6.45) is -25.8. The Morgan fingerprint density at radius 1 is 0.248 bits per heavy atom. The first-order valence-corrected chi connectivity index (χ1v) is 34.0. The summed E-state index contributed by atoms with van der Waals surface area (Å²) in [5, 5.41) is 0. The molecule has 0 unspecified atom stereocenters. The van der Waals surface area contributed by atoms with Crippen molar-refractivity contribution in [3.63, 3.8) is 0 Å². The second kappa shape index (κ2) is 28.5. The van der Waals surface area contributed by atoms with Crippen molar-refractivity contribution in [1.82, 2.24) is 0 Å². The van der Waals surface area contributed by atoms with Crippen LogP contribution in [0.25, 0.3) is 11.1 Å². The van der Waals surface area contributed by atoms with Crippen molar-refractivity contribution in [2.45, 2.75) is 54.8 Å². The molecule has 544 valence electrons. The molecular formula is C90H58F12O7. The molecule has 0 fully saturated rings. The van der Waals surface area contributed by atoms with E-state index in [-0.39, 0.29) is 75.5 Å². The molecule has 0 saturated carbocycles. The van der Waals surface area contributed by atoms with E-state index in [1.165, 1.54) is 48.5 Å². The summed E-state index contributed by atoms with van der Waals surface area (Å²) < 4.78 is 211. The molecule has 13 aromatic carbocycles. The molecule has 109 heavy (non-hydrogen) atoms. The molecule has 0 spiro atoms.